The molecule has 0 fully saturated rings. The van der Waals surface area contributed by atoms with E-state index >= 15 is 0 Å². The number of rotatable bonds is 7. The topological polar surface area (TPSA) is 32.7 Å². The van der Waals surface area contributed by atoms with Crippen molar-refractivity contribution in [1.82, 2.24) is 0 Å². The second kappa shape index (κ2) is 11.4. The molecule has 106 valence electrons. The molecule has 3 heteroatoms. The Balaban J connectivity index is 0.000000555. The lowest BCUT2D eigenvalue weighted by atomic mass is 10.2. The van der Waals surface area contributed by atoms with Gasteiger partial charge in [0, 0.05) is 12.2 Å². The number of anilines is 1. The third-order valence-corrected chi connectivity index (χ3v) is 2.48. The molecule has 1 aromatic rings. The number of benzene rings is 1. The van der Waals surface area contributed by atoms with Crippen LogP contribution in [0.2, 0.25) is 0 Å². The molecule has 0 radical (unpaired) electrons. The standard InChI is InChI=1S/C12H19NO.C4H6O/c1-3-4-10-13(11(2)14)12-8-6-5-7-9-12;1-3-5-4-2/h5-9,11,14H,3-4,10H2,1-2H3;3-4H,1-2H2. The van der Waals surface area contributed by atoms with Crippen LogP contribution in [0.15, 0.2) is 56.0 Å². The number of nitrogens with zero attached hydrogens (tertiary/aromatic N) is 1. The highest BCUT2D eigenvalue weighted by molar-refractivity contribution is 5.46. The molecule has 0 spiro atoms. The quantitative estimate of drug-likeness (QED) is 0.598. The zero-order chi connectivity index (χ0) is 14.5. The summed E-state index contributed by atoms with van der Waals surface area (Å²) >= 11 is 0. The van der Waals surface area contributed by atoms with Crippen LogP contribution >= 0.6 is 0 Å². The van der Waals surface area contributed by atoms with Crippen molar-refractivity contribution in [2.45, 2.75) is 32.9 Å². The summed E-state index contributed by atoms with van der Waals surface area (Å²) in [5, 5.41) is 9.62. The fourth-order valence-corrected chi connectivity index (χ4v) is 1.55. The van der Waals surface area contributed by atoms with Gasteiger partial charge in [0.15, 0.2) is 0 Å². The molecule has 1 N–H and O–H groups in total. The van der Waals surface area contributed by atoms with E-state index in [0.29, 0.717) is 0 Å². The summed E-state index contributed by atoms with van der Waals surface area (Å²) in [5.41, 5.74) is 1.09. The summed E-state index contributed by atoms with van der Waals surface area (Å²) < 4.78 is 4.36. The minimum Gasteiger partial charge on any atom is -0.474 e. The van der Waals surface area contributed by atoms with Crippen molar-refractivity contribution in [1.29, 1.82) is 0 Å². The van der Waals surface area contributed by atoms with E-state index in [1.54, 1.807) is 0 Å². The van der Waals surface area contributed by atoms with Gasteiger partial charge in [-0.2, -0.15) is 0 Å². The van der Waals surface area contributed by atoms with Crippen LogP contribution < -0.4 is 4.90 Å². The Hall–Kier alpha value is -1.74. The van der Waals surface area contributed by atoms with Crippen LogP contribution in [0.25, 0.3) is 0 Å². The van der Waals surface area contributed by atoms with Crippen LogP contribution in [-0.2, 0) is 4.74 Å². The van der Waals surface area contributed by atoms with Crippen LogP contribution in [0.4, 0.5) is 5.69 Å². The average molecular weight is 263 g/mol. The van der Waals surface area contributed by atoms with Gasteiger partial charge in [0.1, 0.15) is 6.23 Å². The summed E-state index contributed by atoms with van der Waals surface area (Å²) in [6.45, 7) is 11.4. The van der Waals surface area contributed by atoms with E-state index in [4.69, 9.17) is 0 Å². The number of aliphatic hydroxyl groups excluding tert-OH is 1. The van der Waals surface area contributed by atoms with Crippen LogP contribution in [0.5, 0.6) is 0 Å². The molecule has 3 nitrogen and oxygen atoms in total. The van der Waals surface area contributed by atoms with Gasteiger partial charge < -0.3 is 14.7 Å². The highest BCUT2D eigenvalue weighted by Gasteiger charge is 2.09. The van der Waals surface area contributed by atoms with Crippen molar-refractivity contribution in [2.75, 3.05) is 11.4 Å². The predicted octanol–water partition coefficient (Wildman–Crippen LogP) is 3.92. The van der Waals surface area contributed by atoms with Gasteiger partial charge in [-0.1, -0.05) is 44.7 Å². The maximum atomic E-state index is 9.62. The molecule has 0 saturated heterocycles. The lowest BCUT2D eigenvalue weighted by Gasteiger charge is -2.27. The van der Waals surface area contributed by atoms with E-state index in [1.807, 2.05) is 42.2 Å². The summed E-state index contributed by atoms with van der Waals surface area (Å²) in [6, 6.07) is 10.0. The fourth-order valence-electron chi connectivity index (χ4n) is 1.55. The largest absolute Gasteiger partial charge is 0.474 e. The molecule has 0 saturated carbocycles. The molecule has 1 rings (SSSR count). The van der Waals surface area contributed by atoms with Gasteiger partial charge in [-0.15, -0.1) is 0 Å². The SMILES string of the molecule is C=COC=C.CCCCN(c1ccccc1)C(C)O. The monoisotopic (exact) mass is 263 g/mol. The van der Waals surface area contributed by atoms with Gasteiger partial charge >= 0.3 is 0 Å². The zero-order valence-electron chi connectivity index (χ0n) is 12.0. The first-order chi connectivity index (χ1) is 9.17. The normalized spacial score (nSPS) is 10.7. The zero-order valence-corrected chi connectivity index (χ0v) is 12.0. The van der Waals surface area contributed by atoms with E-state index in [1.165, 1.54) is 12.5 Å². The Morgan fingerprint density at radius 3 is 2.21 bits per heavy atom. The van der Waals surface area contributed by atoms with Gasteiger partial charge in [-0.05, 0) is 25.5 Å². The first kappa shape index (κ1) is 17.3. The van der Waals surface area contributed by atoms with Crippen LogP contribution in [0.3, 0.4) is 0 Å². The lowest BCUT2D eigenvalue weighted by Crippen LogP contribution is -2.33. The molecule has 1 unspecified atom stereocenters. The molecule has 1 atom stereocenters. The van der Waals surface area contributed by atoms with Crippen LogP contribution in [-0.4, -0.2) is 17.9 Å². The molecule has 0 aliphatic heterocycles. The molecule has 0 amide bonds. The Labute approximate surface area is 116 Å². The van der Waals surface area contributed by atoms with Gasteiger partial charge in [0.05, 0.1) is 12.5 Å². The lowest BCUT2D eigenvalue weighted by molar-refractivity contribution is 0.188. The number of para-hydroxylation sites is 1. The summed E-state index contributed by atoms with van der Waals surface area (Å²) in [5.74, 6) is 0. The van der Waals surface area contributed by atoms with E-state index in [2.05, 4.69) is 24.8 Å². The molecule has 0 heterocycles. The fraction of sp³-hybridized carbons (Fsp3) is 0.375. The third-order valence-electron chi connectivity index (χ3n) is 2.48. The Morgan fingerprint density at radius 1 is 1.26 bits per heavy atom. The molecular weight excluding hydrogens is 238 g/mol. The second-order valence-corrected chi connectivity index (χ2v) is 3.98. The molecule has 0 aliphatic carbocycles. The summed E-state index contributed by atoms with van der Waals surface area (Å²) in [6.07, 6.45) is 4.47. The van der Waals surface area contributed by atoms with E-state index in [0.717, 1.165) is 25.1 Å². The van der Waals surface area contributed by atoms with Crippen LogP contribution in [0, 0.1) is 0 Å². The first-order valence-corrected chi connectivity index (χ1v) is 6.54. The summed E-state index contributed by atoms with van der Waals surface area (Å²) in [4.78, 5) is 2.02. The smallest absolute Gasteiger partial charge is 0.124 e. The first-order valence-electron chi connectivity index (χ1n) is 6.54. The van der Waals surface area contributed by atoms with Gasteiger partial charge in [-0.3, -0.25) is 0 Å². The highest BCUT2D eigenvalue weighted by atomic mass is 16.5. The minimum absolute atomic E-state index is 0.413. The number of aliphatic hydroxyl groups is 1. The van der Waals surface area contributed by atoms with Crippen molar-refractivity contribution < 1.29 is 9.84 Å². The predicted molar refractivity (Wildman–Crippen MR) is 81.9 cm³/mol. The number of unbranched alkanes of at least 4 members (excludes halogenated alkanes) is 1. The molecule has 0 aliphatic rings. The maximum absolute atomic E-state index is 9.62. The number of hydrogen-bond acceptors (Lipinski definition) is 3. The van der Waals surface area contributed by atoms with Crippen molar-refractivity contribution in [3.8, 4) is 0 Å². The maximum Gasteiger partial charge on any atom is 0.124 e. The second-order valence-electron chi connectivity index (χ2n) is 3.98. The van der Waals surface area contributed by atoms with Gasteiger partial charge in [0.25, 0.3) is 0 Å². The Kier molecular flexibility index (Phi) is 10.3. The average Bonchev–Trinajstić information content (AvgIpc) is 2.42. The van der Waals surface area contributed by atoms with Crippen molar-refractivity contribution in [3.05, 3.63) is 56.0 Å². The molecule has 1 aromatic carbocycles. The van der Waals surface area contributed by atoms with Gasteiger partial charge in [0.2, 0.25) is 0 Å². The summed E-state index contributed by atoms with van der Waals surface area (Å²) in [7, 11) is 0. The molecule has 0 aromatic heterocycles. The molecular formula is C16H25NO2. The van der Waals surface area contributed by atoms with Crippen LogP contribution in [0.1, 0.15) is 26.7 Å². The molecule has 0 bridgehead atoms. The Morgan fingerprint density at radius 2 is 1.84 bits per heavy atom. The van der Waals surface area contributed by atoms with E-state index in [9.17, 15) is 5.11 Å². The van der Waals surface area contributed by atoms with Crippen molar-refractivity contribution in [2.24, 2.45) is 0 Å². The van der Waals surface area contributed by atoms with Gasteiger partial charge in [-0.25, -0.2) is 0 Å². The third kappa shape index (κ3) is 8.06. The number of ether oxygens (including phenoxy) is 1. The molecule has 19 heavy (non-hydrogen) atoms. The van der Waals surface area contributed by atoms with Crippen molar-refractivity contribution >= 4 is 5.69 Å². The van der Waals surface area contributed by atoms with E-state index < -0.39 is 6.23 Å². The van der Waals surface area contributed by atoms with Crippen molar-refractivity contribution in [3.63, 3.8) is 0 Å². The highest BCUT2D eigenvalue weighted by Crippen LogP contribution is 2.15. The number of hydrogen-bond donors (Lipinski definition) is 1. The van der Waals surface area contributed by atoms with E-state index in [-0.39, 0.29) is 0 Å². The Bertz CT molecular complexity index is 330. The minimum atomic E-state index is -0.413.